The van der Waals surface area contributed by atoms with Crippen LogP contribution in [0.2, 0.25) is 0 Å². The van der Waals surface area contributed by atoms with E-state index in [0.29, 0.717) is 28.8 Å². The lowest BCUT2D eigenvalue weighted by molar-refractivity contribution is -0.119. The summed E-state index contributed by atoms with van der Waals surface area (Å²) in [5.74, 6) is -2.76. The van der Waals surface area contributed by atoms with Crippen LogP contribution in [0.15, 0.2) is 28.8 Å². The maximum Gasteiger partial charge on any atom is 0.251 e. The molecule has 0 aliphatic rings. The number of carbonyl (C=O) groups excluding carboxylic acids is 2. The molecule has 0 aliphatic heterocycles. The number of fused-ring (bicyclic) bond motifs is 1. The van der Waals surface area contributed by atoms with Gasteiger partial charge in [0.15, 0.2) is 0 Å². The van der Waals surface area contributed by atoms with Crippen LogP contribution in [-0.2, 0) is 20.7 Å². The van der Waals surface area contributed by atoms with E-state index in [2.05, 4.69) is 15.6 Å². The minimum absolute atomic E-state index is 0.0241. The number of nitrogens with zero attached hydrogens (tertiary/aromatic N) is 1. The summed E-state index contributed by atoms with van der Waals surface area (Å²) in [7, 11) is 2.91. The van der Waals surface area contributed by atoms with Gasteiger partial charge in [0, 0.05) is 68.5 Å². The maximum atomic E-state index is 15.1. The fourth-order valence-corrected chi connectivity index (χ4v) is 3.58. The smallest absolute Gasteiger partial charge is 0.251 e. The topological polar surface area (TPSA) is 103 Å². The van der Waals surface area contributed by atoms with Crippen LogP contribution in [0.4, 0.5) is 8.78 Å². The highest BCUT2D eigenvalue weighted by Gasteiger charge is 2.26. The Labute approximate surface area is 195 Å². The van der Waals surface area contributed by atoms with Gasteiger partial charge in [0.05, 0.1) is 24.9 Å². The summed E-state index contributed by atoms with van der Waals surface area (Å²) in [6.45, 7) is 3.92. The van der Waals surface area contributed by atoms with E-state index >= 15 is 8.78 Å². The number of carbonyl (C=O) groups is 2. The molecule has 0 fully saturated rings. The Kier molecular flexibility index (Phi) is 8.30. The molecule has 1 atom stereocenters. The van der Waals surface area contributed by atoms with Gasteiger partial charge in [-0.3, -0.25) is 14.6 Å². The van der Waals surface area contributed by atoms with Crippen molar-refractivity contribution in [3.05, 3.63) is 52.9 Å². The molecule has 0 bridgehead atoms. The zero-order chi connectivity index (χ0) is 24.8. The predicted octanol–water partition coefficient (Wildman–Crippen LogP) is 3.15. The Bertz CT molecular complexity index is 1170. The lowest BCUT2D eigenvalue weighted by Gasteiger charge is -2.19. The number of benzene rings is 1. The van der Waals surface area contributed by atoms with Crippen LogP contribution in [-0.4, -0.2) is 56.8 Å². The molecule has 34 heavy (non-hydrogen) atoms. The molecule has 2 N–H and O–H groups in total. The Morgan fingerprint density at radius 3 is 2.50 bits per heavy atom. The van der Waals surface area contributed by atoms with Crippen LogP contribution in [0.25, 0.3) is 22.3 Å². The highest BCUT2D eigenvalue weighted by Crippen LogP contribution is 2.37. The lowest BCUT2D eigenvalue weighted by Crippen LogP contribution is -2.34. The summed E-state index contributed by atoms with van der Waals surface area (Å²) in [4.78, 5) is 27.6. The van der Waals surface area contributed by atoms with Crippen LogP contribution in [0.5, 0.6) is 0 Å². The van der Waals surface area contributed by atoms with Crippen molar-refractivity contribution < 1.29 is 32.3 Å². The fraction of sp³-hybridized carbons (Fsp3) is 0.375. The van der Waals surface area contributed by atoms with Crippen molar-refractivity contribution in [2.24, 2.45) is 0 Å². The molecule has 0 radical (unpaired) electrons. The number of aromatic nitrogens is 1. The lowest BCUT2D eigenvalue weighted by atomic mass is 9.98. The van der Waals surface area contributed by atoms with Crippen LogP contribution in [0, 0.1) is 18.6 Å². The Hall–Kier alpha value is -3.37. The Morgan fingerprint density at radius 2 is 1.88 bits per heavy atom. The largest absolute Gasteiger partial charge is 0.455 e. The van der Waals surface area contributed by atoms with E-state index in [4.69, 9.17) is 13.9 Å². The standard InChI is InChI=1S/C24H27F2N3O5/c1-13-7-21-18(12-28-13)17(10-16(11-29-14(2)30)33-6-5-32-4)23(34-21)22-19(25)8-15(9-20(22)26)24(31)27-3/h7-9,12,16H,5-6,10-11H2,1-4H3,(H,27,31)(H,29,30). The van der Waals surface area contributed by atoms with E-state index in [1.54, 1.807) is 19.2 Å². The molecule has 0 saturated heterocycles. The molecule has 3 aromatic rings. The third-order valence-corrected chi connectivity index (χ3v) is 5.22. The van der Waals surface area contributed by atoms with E-state index in [9.17, 15) is 9.59 Å². The number of nitrogens with one attached hydrogen (secondary N) is 2. The first kappa shape index (κ1) is 25.3. The third kappa shape index (κ3) is 5.75. The van der Waals surface area contributed by atoms with Crippen molar-refractivity contribution in [1.82, 2.24) is 15.6 Å². The molecule has 182 valence electrons. The minimum atomic E-state index is -0.942. The SMILES string of the molecule is CNC(=O)c1cc(F)c(-c2oc3cc(C)ncc3c2CC(CNC(C)=O)OCCOC)c(F)c1. The molecule has 3 rings (SSSR count). The van der Waals surface area contributed by atoms with Crippen LogP contribution in [0.3, 0.4) is 0 Å². The molecule has 1 aromatic carbocycles. The number of methoxy groups -OCH3 is 1. The average Bonchev–Trinajstić information content (AvgIpc) is 3.12. The number of halogens is 2. The monoisotopic (exact) mass is 475 g/mol. The van der Waals surface area contributed by atoms with E-state index in [1.807, 2.05) is 0 Å². The number of hydrogen-bond donors (Lipinski definition) is 2. The third-order valence-electron chi connectivity index (χ3n) is 5.22. The summed E-state index contributed by atoms with van der Waals surface area (Å²) in [6.07, 6.45) is 1.22. The molecule has 8 nitrogen and oxygen atoms in total. The van der Waals surface area contributed by atoms with Gasteiger partial charge in [-0.1, -0.05) is 0 Å². The second kappa shape index (κ2) is 11.2. The number of hydrogen-bond acceptors (Lipinski definition) is 6. The highest BCUT2D eigenvalue weighted by atomic mass is 19.1. The number of ether oxygens (including phenoxy) is 2. The molecule has 2 aromatic heterocycles. The first-order valence-electron chi connectivity index (χ1n) is 10.7. The summed E-state index contributed by atoms with van der Waals surface area (Å²) in [6, 6.07) is 3.59. The van der Waals surface area contributed by atoms with Crippen molar-refractivity contribution >= 4 is 22.8 Å². The van der Waals surface area contributed by atoms with Crippen molar-refractivity contribution in [3.63, 3.8) is 0 Å². The van der Waals surface area contributed by atoms with Crippen molar-refractivity contribution in [2.75, 3.05) is 33.9 Å². The molecule has 1 unspecified atom stereocenters. The number of rotatable bonds is 10. The van der Waals surface area contributed by atoms with Crippen molar-refractivity contribution in [2.45, 2.75) is 26.4 Å². The first-order chi connectivity index (χ1) is 16.2. The maximum absolute atomic E-state index is 15.1. The van der Waals surface area contributed by atoms with E-state index < -0.39 is 29.2 Å². The number of amides is 2. The quantitative estimate of drug-likeness (QED) is 0.437. The summed E-state index contributed by atoms with van der Waals surface area (Å²) < 4.78 is 47.0. The minimum Gasteiger partial charge on any atom is -0.455 e. The zero-order valence-corrected chi connectivity index (χ0v) is 19.5. The van der Waals surface area contributed by atoms with Gasteiger partial charge in [-0.25, -0.2) is 8.78 Å². The summed E-state index contributed by atoms with van der Waals surface area (Å²) in [5, 5.41) is 5.62. The second-order valence-corrected chi connectivity index (χ2v) is 7.75. The highest BCUT2D eigenvalue weighted by molar-refractivity contribution is 5.95. The number of pyridine rings is 1. The molecule has 2 amide bonds. The van der Waals surface area contributed by atoms with E-state index in [1.165, 1.54) is 21.1 Å². The zero-order valence-electron chi connectivity index (χ0n) is 19.5. The van der Waals surface area contributed by atoms with Crippen LogP contribution in [0.1, 0.15) is 28.5 Å². The van der Waals surface area contributed by atoms with Gasteiger partial charge in [-0.2, -0.15) is 0 Å². The second-order valence-electron chi connectivity index (χ2n) is 7.75. The normalized spacial score (nSPS) is 12.1. The van der Waals surface area contributed by atoms with Gasteiger partial charge < -0.3 is 24.5 Å². The van der Waals surface area contributed by atoms with E-state index in [-0.39, 0.29) is 36.8 Å². The van der Waals surface area contributed by atoms with Crippen LogP contribution >= 0.6 is 0 Å². The molecule has 0 spiro atoms. The van der Waals surface area contributed by atoms with Gasteiger partial charge in [0.2, 0.25) is 5.91 Å². The van der Waals surface area contributed by atoms with Gasteiger partial charge in [0.25, 0.3) is 5.91 Å². The summed E-state index contributed by atoms with van der Waals surface area (Å²) in [5.41, 5.74) is 0.999. The van der Waals surface area contributed by atoms with Crippen LogP contribution < -0.4 is 10.6 Å². The first-order valence-corrected chi connectivity index (χ1v) is 10.7. The Morgan fingerprint density at radius 1 is 1.18 bits per heavy atom. The number of furan rings is 1. The molecule has 10 heteroatoms. The molecule has 0 saturated carbocycles. The molecule has 2 heterocycles. The average molecular weight is 475 g/mol. The van der Waals surface area contributed by atoms with Gasteiger partial charge in [-0.15, -0.1) is 0 Å². The Balaban J connectivity index is 2.11. The molecular weight excluding hydrogens is 448 g/mol. The summed E-state index contributed by atoms with van der Waals surface area (Å²) >= 11 is 0. The van der Waals surface area contributed by atoms with Gasteiger partial charge in [-0.05, 0) is 19.1 Å². The molecular formula is C24H27F2N3O5. The predicted molar refractivity (Wildman–Crippen MR) is 121 cm³/mol. The van der Waals surface area contributed by atoms with Gasteiger partial charge in [0.1, 0.15) is 23.0 Å². The van der Waals surface area contributed by atoms with Crippen molar-refractivity contribution in [1.29, 1.82) is 0 Å². The fourth-order valence-electron chi connectivity index (χ4n) is 3.58. The van der Waals surface area contributed by atoms with Gasteiger partial charge >= 0.3 is 0 Å². The molecule has 0 aliphatic carbocycles. The number of aryl methyl sites for hydroxylation is 1. The van der Waals surface area contributed by atoms with Crippen molar-refractivity contribution in [3.8, 4) is 11.3 Å². The van der Waals surface area contributed by atoms with E-state index in [0.717, 1.165) is 12.1 Å².